The smallest absolute Gasteiger partial charge is 0.303 e. The molecule has 3 aromatic rings. The van der Waals surface area contributed by atoms with Crippen molar-refractivity contribution in [2.24, 2.45) is 10.2 Å². The van der Waals surface area contributed by atoms with Gasteiger partial charge in [-0.25, -0.2) is 0 Å². The van der Waals surface area contributed by atoms with Gasteiger partial charge in [0.1, 0.15) is 17.2 Å². The van der Waals surface area contributed by atoms with Crippen molar-refractivity contribution >= 4 is 28.7 Å². The van der Waals surface area contributed by atoms with Gasteiger partial charge in [0.15, 0.2) is 0 Å². The zero-order valence-corrected chi connectivity index (χ0v) is 20.6. The number of azo groups is 1. The summed E-state index contributed by atoms with van der Waals surface area (Å²) in [5.41, 5.74) is 5.42. The molecule has 8 heteroatoms. The first-order valence-corrected chi connectivity index (χ1v) is 11.4. The molecule has 0 atom stereocenters. The van der Waals surface area contributed by atoms with Crippen LogP contribution in [0.1, 0.15) is 24.0 Å². The van der Waals surface area contributed by atoms with E-state index in [1.54, 1.807) is 20.3 Å². The van der Waals surface area contributed by atoms with Crippen LogP contribution in [-0.4, -0.2) is 38.9 Å². The highest BCUT2D eigenvalue weighted by Gasteiger charge is 2.12. The number of methoxy groups -OCH3 is 2. The van der Waals surface area contributed by atoms with Crippen LogP contribution >= 0.6 is 0 Å². The van der Waals surface area contributed by atoms with Gasteiger partial charge >= 0.3 is 5.97 Å². The fraction of sp³-hybridized carbons (Fsp3) is 0.296. The lowest BCUT2D eigenvalue weighted by Crippen LogP contribution is -2.19. The van der Waals surface area contributed by atoms with Crippen molar-refractivity contribution in [1.29, 1.82) is 0 Å². The standard InChI is InChI=1S/C27H32N4O4/c1-19-7-11-21(12-8-19)29-30-24-17-25(34-3)23(16-26(24)35-4)28-18-20-9-13-22(14-10-20)31(2)15-5-6-27(32)33/h7-14,16-17,28H,5-6,15,18H2,1-4H3,(H,32,33)/b30-29+. The molecular weight excluding hydrogens is 444 g/mol. The number of carbonyl (C=O) groups is 1. The summed E-state index contributed by atoms with van der Waals surface area (Å²) < 4.78 is 11.1. The van der Waals surface area contributed by atoms with Gasteiger partial charge in [0, 0.05) is 44.4 Å². The number of anilines is 2. The van der Waals surface area contributed by atoms with Gasteiger partial charge in [0.05, 0.1) is 25.6 Å². The van der Waals surface area contributed by atoms with Crippen molar-refractivity contribution in [3.05, 3.63) is 71.8 Å². The predicted molar refractivity (Wildman–Crippen MR) is 139 cm³/mol. The number of aryl methyl sites for hydroxylation is 1. The largest absolute Gasteiger partial charge is 0.495 e. The SMILES string of the molecule is COc1cc(NCc2ccc(N(C)CCCC(=O)O)cc2)c(OC)cc1/N=N/c1ccc(C)cc1. The Morgan fingerprint density at radius 1 is 0.971 bits per heavy atom. The number of nitrogens with one attached hydrogen (secondary N) is 1. The molecule has 35 heavy (non-hydrogen) atoms. The number of hydrogen-bond acceptors (Lipinski definition) is 7. The number of ether oxygens (including phenoxy) is 2. The zero-order valence-electron chi connectivity index (χ0n) is 20.6. The van der Waals surface area contributed by atoms with Gasteiger partial charge in [-0.15, -0.1) is 5.11 Å². The Labute approximate surface area is 206 Å². The van der Waals surface area contributed by atoms with Crippen LogP contribution in [0.4, 0.5) is 22.7 Å². The van der Waals surface area contributed by atoms with Crippen molar-refractivity contribution in [1.82, 2.24) is 0 Å². The minimum Gasteiger partial charge on any atom is -0.495 e. The van der Waals surface area contributed by atoms with Gasteiger partial charge in [-0.2, -0.15) is 5.11 Å². The summed E-state index contributed by atoms with van der Waals surface area (Å²) in [5.74, 6) is 0.454. The van der Waals surface area contributed by atoms with E-state index in [4.69, 9.17) is 14.6 Å². The van der Waals surface area contributed by atoms with E-state index >= 15 is 0 Å². The number of benzene rings is 3. The Morgan fingerprint density at radius 2 is 1.66 bits per heavy atom. The molecule has 3 rings (SSSR count). The quantitative estimate of drug-likeness (QED) is 0.296. The fourth-order valence-corrected chi connectivity index (χ4v) is 3.48. The molecule has 0 bridgehead atoms. The van der Waals surface area contributed by atoms with Crippen LogP contribution < -0.4 is 19.7 Å². The summed E-state index contributed by atoms with van der Waals surface area (Å²) in [7, 11) is 5.18. The van der Waals surface area contributed by atoms with E-state index in [2.05, 4.69) is 20.4 Å². The molecule has 0 aliphatic rings. The maximum absolute atomic E-state index is 10.7. The van der Waals surface area contributed by atoms with E-state index in [1.807, 2.05) is 68.6 Å². The van der Waals surface area contributed by atoms with Crippen LogP contribution in [0.2, 0.25) is 0 Å². The van der Waals surface area contributed by atoms with Gasteiger partial charge in [0.2, 0.25) is 0 Å². The van der Waals surface area contributed by atoms with Crippen LogP contribution in [0, 0.1) is 6.92 Å². The Bertz CT molecular complexity index is 1150. The molecule has 0 radical (unpaired) electrons. The van der Waals surface area contributed by atoms with Crippen molar-refractivity contribution < 1.29 is 19.4 Å². The van der Waals surface area contributed by atoms with Gasteiger partial charge in [-0.3, -0.25) is 4.79 Å². The lowest BCUT2D eigenvalue weighted by Gasteiger charge is -2.19. The molecule has 0 fully saturated rings. The van der Waals surface area contributed by atoms with Crippen LogP contribution in [0.25, 0.3) is 0 Å². The summed E-state index contributed by atoms with van der Waals surface area (Å²) in [6.07, 6.45) is 0.779. The van der Waals surface area contributed by atoms with Crippen molar-refractivity contribution in [2.75, 3.05) is 38.0 Å². The molecule has 0 aromatic heterocycles. The number of aliphatic carboxylic acids is 1. The minimum atomic E-state index is -0.769. The number of rotatable bonds is 12. The van der Waals surface area contributed by atoms with Gasteiger partial charge in [-0.05, 0) is 43.2 Å². The van der Waals surface area contributed by atoms with E-state index in [-0.39, 0.29) is 6.42 Å². The third kappa shape index (κ3) is 7.46. The second-order valence-electron chi connectivity index (χ2n) is 8.20. The molecule has 0 aliphatic carbocycles. The summed E-state index contributed by atoms with van der Waals surface area (Å²) in [6.45, 7) is 3.31. The molecule has 3 aromatic carbocycles. The van der Waals surface area contributed by atoms with Crippen LogP contribution in [-0.2, 0) is 11.3 Å². The van der Waals surface area contributed by atoms with Gasteiger partial charge in [0.25, 0.3) is 0 Å². The van der Waals surface area contributed by atoms with Crippen LogP contribution in [0.5, 0.6) is 11.5 Å². The van der Waals surface area contributed by atoms with E-state index < -0.39 is 5.97 Å². The maximum atomic E-state index is 10.7. The molecule has 184 valence electrons. The van der Waals surface area contributed by atoms with Gasteiger partial charge in [-0.1, -0.05) is 29.8 Å². The molecule has 0 saturated heterocycles. The maximum Gasteiger partial charge on any atom is 0.303 e. The molecule has 0 heterocycles. The highest BCUT2D eigenvalue weighted by molar-refractivity contribution is 5.69. The number of carboxylic acid groups (broad SMARTS) is 1. The van der Waals surface area contributed by atoms with E-state index in [0.29, 0.717) is 36.7 Å². The van der Waals surface area contributed by atoms with Crippen molar-refractivity contribution in [2.45, 2.75) is 26.3 Å². The van der Waals surface area contributed by atoms with E-state index in [0.717, 1.165) is 28.2 Å². The second-order valence-corrected chi connectivity index (χ2v) is 8.20. The summed E-state index contributed by atoms with van der Waals surface area (Å²) >= 11 is 0. The zero-order chi connectivity index (χ0) is 25.2. The average molecular weight is 477 g/mol. The van der Waals surface area contributed by atoms with E-state index in [9.17, 15) is 4.79 Å². The third-order valence-corrected chi connectivity index (χ3v) is 5.55. The molecule has 0 spiro atoms. The predicted octanol–water partition coefficient (Wildman–Crippen LogP) is 6.34. The third-order valence-electron chi connectivity index (χ3n) is 5.55. The first kappa shape index (κ1) is 25.6. The number of carboxylic acids is 1. The molecule has 8 nitrogen and oxygen atoms in total. The highest BCUT2D eigenvalue weighted by atomic mass is 16.5. The molecule has 0 amide bonds. The molecule has 0 saturated carbocycles. The molecule has 0 aliphatic heterocycles. The molecule has 2 N–H and O–H groups in total. The molecular formula is C27H32N4O4. The lowest BCUT2D eigenvalue weighted by molar-refractivity contribution is -0.137. The summed E-state index contributed by atoms with van der Waals surface area (Å²) in [6, 6.07) is 19.6. The summed E-state index contributed by atoms with van der Waals surface area (Å²) in [4.78, 5) is 12.8. The van der Waals surface area contributed by atoms with E-state index in [1.165, 1.54) is 0 Å². The van der Waals surface area contributed by atoms with Crippen LogP contribution in [0.15, 0.2) is 70.9 Å². The van der Waals surface area contributed by atoms with Crippen molar-refractivity contribution in [3.8, 4) is 11.5 Å². The van der Waals surface area contributed by atoms with Gasteiger partial charge < -0.3 is 24.8 Å². The fourth-order valence-electron chi connectivity index (χ4n) is 3.48. The molecule has 0 unspecified atom stereocenters. The number of nitrogens with zero attached hydrogens (tertiary/aromatic N) is 3. The Kier molecular flexibility index (Phi) is 9.06. The van der Waals surface area contributed by atoms with Crippen molar-refractivity contribution in [3.63, 3.8) is 0 Å². The lowest BCUT2D eigenvalue weighted by atomic mass is 10.1. The average Bonchev–Trinajstić information content (AvgIpc) is 2.87. The normalized spacial score (nSPS) is 10.9. The first-order valence-electron chi connectivity index (χ1n) is 11.4. The number of hydrogen-bond donors (Lipinski definition) is 2. The summed E-state index contributed by atoms with van der Waals surface area (Å²) in [5, 5.41) is 20.9. The van der Waals surface area contributed by atoms with Crippen LogP contribution in [0.3, 0.4) is 0 Å². The first-order chi connectivity index (χ1) is 16.9. The Hall–Kier alpha value is -4.07. The highest BCUT2D eigenvalue weighted by Crippen LogP contribution is 2.39. The minimum absolute atomic E-state index is 0.170. The topological polar surface area (TPSA) is 95.8 Å². The monoisotopic (exact) mass is 476 g/mol. The Balaban J connectivity index is 1.67. The Morgan fingerprint density at radius 3 is 2.29 bits per heavy atom. The second kappa shape index (κ2) is 12.4.